The fourth-order valence-corrected chi connectivity index (χ4v) is 1.12. The molecule has 0 radical (unpaired) electrons. The molecule has 90 valence electrons. The van der Waals surface area contributed by atoms with Crippen molar-refractivity contribution in [3.05, 3.63) is 0 Å². The minimum Gasteiger partial charge on any atom is -0.438 e. The summed E-state index contributed by atoms with van der Waals surface area (Å²) in [6, 6.07) is 0. The molecular formula is C7H15O7P. The summed E-state index contributed by atoms with van der Waals surface area (Å²) in [5.74, 6) is -1.01. The van der Waals surface area contributed by atoms with Crippen molar-refractivity contribution in [2.24, 2.45) is 0 Å². The Morgan fingerprint density at radius 1 is 1.40 bits per heavy atom. The second kappa shape index (κ2) is 6.92. The average molecular weight is 242 g/mol. The lowest BCUT2D eigenvalue weighted by Crippen LogP contribution is -2.18. The maximum atomic E-state index is 10.8. The summed E-state index contributed by atoms with van der Waals surface area (Å²) in [6.07, 6.45) is -1.47. The van der Waals surface area contributed by atoms with E-state index in [1.807, 2.05) is 0 Å². The lowest BCUT2D eigenvalue weighted by molar-refractivity contribution is -0.190. The number of carbonyl (C=O) groups excluding carboxylic acids is 1. The maximum absolute atomic E-state index is 10.8. The van der Waals surface area contributed by atoms with Crippen LogP contribution in [0, 0.1) is 0 Å². The summed E-state index contributed by atoms with van der Waals surface area (Å²) in [4.78, 5) is 27.6. The van der Waals surface area contributed by atoms with E-state index in [1.54, 1.807) is 13.8 Å². The van der Waals surface area contributed by atoms with Gasteiger partial charge in [0.25, 0.3) is 0 Å². The van der Waals surface area contributed by atoms with Gasteiger partial charge in [0.1, 0.15) is 6.16 Å². The molecule has 0 saturated carbocycles. The van der Waals surface area contributed by atoms with Crippen LogP contribution in [0.5, 0.6) is 0 Å². The fraction of sp³-hybridized carbons (Fsp3) is 0.857. The molecule has 0 aliphatic rings. The van der Waals surface area contributed by atoms with E-state index in [-0.39, 0.29) is 6.79 Å². The van der Waals surface area contributed by atoms with Crippen LogP contribution in [-0.2, 0) is 23.6 Å². The van der Waals surface area contributed by atoms with E-state index in [9.17, 15) is 9.36 Å². The van der Waals surface area contributed by atoms with Gasteiger partial charge < -0.3 is 24.0 Å². The van der Waals surface area contributed by atoms with E-state index >= 15 is 0 Å². The van der Waals surface area contributed by atoms with Crippen LogP contribution in [0.2, 0.25) is 0 Å². The zero-order chi connectivity index (χ0) is 11.9. The molecule has 0 aliphatic carbocycles. The number of esters is 1. The minimum absolute atomic E-state index is 0.389. The normalized spacial score (nSPS) is 13.6. The monoisotopic (exact) mass is 242 g/mol. The van der Waals surface area contributed by atoms with Gasteiger partial charge in [0.15, 0.2) is 13.1 Å². The Kier molecular flexibility index (Phi) is 6.71. The summed E-state index contributed by atoms with van der Waals surface area (Å²) >= 11 is 0. The first kappa shape index (κ1) is 14.5. The molecule has 0 fully saturated rings. The van der Waals surface area contributed by atoms with Crippen LogP contribution in [0.1, 0.15) is 13.8 Å². The van der Waals surface area contributed by atoms with Crippen LogP contribution in [-0.4, -0.2) is 41.6 Å². The minimum atomic E-state index is -4.36. The predicted molar refractivity (Wildman–Crippen MR) is 50.0 cm³/mol. The van der Waals surface area contributed by atoms with Gasteiger partial charge in [-0.25, -0.2) is 0 Å². The molecule has 1 unspecified atom stereocenters. The maximum Gasteiger partial charge on any atom is 0.336 e. The molecule has 15 heavy (non-hydrogen) atoms. The van der Waals surface area contributed by atoms with Crippen molar-refractivity contribution in [3.63, 3.8) is 0 Å². The van der Waals surface area contributed by atoms with Gasteiger partial charge in [-0.1, -0.05) is 0 Å². The molecule has 1 atom stereocenters. The fourth-order valence-electron chi connectivity index (χ4n) is 0.692. The molecule has 0 heterocycles. The molecule has 0 aromatic carbocycles. The van der Waals surface area contributed by atoms with Crippen LogP contribution in [0.3, 0.4) is 0 Å². The van der Waals surface area contributed by atoms with Crippen molar-refractivity contribution in [2.45, 2.75) is 20.1 Å². The molecule has 0 spiro atoms. The standard InChI is InChI=1S/C7H15O7P/c1-3-12-6(2)13-5-14-7(8)4-15(9,10)11/h6H,3-5H2,1-2H3,(H2,9,10,11). The highest BCUT2D eigenvalue weighted by Gasteiger charge is 2.20. The highest BCUT2D eigenvalue weighted by atomic mass is 31.2. The van der Waals surface area contributed by atoms with Crippen molar-refractivity contribution in [1.82, 2.24) is 0 Å². The van der Waals surface area contributed by atoms with Crippen LogP contribution in [0.15, 0.2) is 0 Å². The molecule has 7 nitrogen and oxygen atoms in total. The van der Waals surface area contributed by atoms with E-state index in [0.29, 0.717) is 6.61 Å². The average Bonchev–Trinajstić information content (AvgIpc) is 2.00. The zero-order valence-electron chi connectivity index (χ0n) is 8.58. The van der Waals surface area contributed by atoms with E-state index in [2.05, 4.69) is 4.74 Å². The van der Waals surface area contributed by atoms with E-state index < -0.39 is 26.0 Å². The first-order valence-corrected chi connectivity index (χ1v) is 6.08. The molecular weight excluding hydrogens is 227 g/mol. The second-order valence-electron chi connectivity index (χ2n) is 2.65. The summed E-state index contributed by atoms with van der Waals surface area (Å²) in [5.41, 5.74) is 0. The van der Waals surface area contributed by atoms with Crippen LogP contribution in [0.25, 0.3) is 0 Å². The van der Waals surface area contributed by atoms with E-state index in [1.165, 1.54) is 0 Å². The molecule has 0 bridgehead atoms. The topological polar surface area (TPSA) is 102 Å². The number of carbonyl (C=O) groups is 1. The highest BCUT2D eigenvalue weighted by molar-refractivity contribution is 7.52. The number of ether oxygens (including phenoxy) is 3. The molecule has 0 aromatic heterocycles. The Hall–Kier alpha value is -0.460. The first-order chi connectivity index (χ1) is 6.85. The molecule has 0 saturated heterocycles. The van der Waals surface area contributed by atoms with Crippen molar-refractivity contribution in [1.29, 1.82) is 0 Å². The highest BCUT2D eigenvalue weighted by Crippen LogP contribution is 2.33. The quantitative estimate of drug-likeness (QED) is 0.369. The predicted octanol–water partition coefficient (Wildman–Crippen LogP) is 0.0639. The van der Waals surface area contributed by atoms with Gasteiger partial charge >= 0.3 is 13.6 Å². The molecule has 0 rings (SSSR count). The van der Waals surface area contributed by atoms with Gasteiger partial charge in [-0.3, -0.25) is 9.36 Å². The van der Waals surface area contributed by atoms with Crippen LogP contribution in [0.4, 0.5) is 0 Å². The van der Waals surface area contributed by atoms with Gasteiger partial charge in [-0.2, -0.15) is 0 Å². The Balaban J connectivity index is 3.60. The Morgan fingerprint density at radius 3 is 2.47 bits per heavy atom. The zero-order valence-corrected chi connectivity index (χ0v) is 9.48. The van der Waals surface area contributed by atoms with Crippen LogP contribution >= 0.6 is 7.60 Å². The van der Waals surface area contributed by atoms with Gasteiger partial charge in [-0.05, 0) is 13.8 Å². The lowest BCUT2D eigenvalue weighted by Gasteiger charge is -2.12. The van der Waals surface area contributed by atoms with Crippen molar-refractivity contribution in [3.8, 4) is 0 Å². The van der Waals surface area contributed by atoms with Gasteiger partial charge in [-0.15, -0.1) is 0 Å². The smallest absolute Gasteiger partial charge is 0.336 e. The molecule has 0 amide bonds. The summed E-state index contributed by atoms with van der Waals surface area (Å²) in [7, 11) is -4.36. The molecule has 0 aromatic rings. The second-order valence-corrected chi connectivity index (χ2v) is 4.29. The van der Waals surface area contributed by atoms with Gasteiger partial charge in [0.2, 0.25) is 0 Å². The molecule has 8 heteroatoms. The third-order valence-corrected chi connectivity index (χ3v) is 1.93. The Morgan fingerprint density at radius 2 is 2.00 bits per heavy atom. The number of rotatable bonds is 7. The number of hydrogen-bond donors (Lipinski definition) is 2. The van der Waals surface area contributed by atoms with Crippen molar-refractivity contribution < 1.29 is 33.4 Å². The van der Waals surface area contributed by atoms with Gasteiger partial charge in [0, 0.05) is 6.61 Å². The summed E-state index contributed by atoms with van der Waals surface area (Å²) in [5, 5.41) is 0. The Bertz CT molecular complexity index is 235. The number of hydrogen-bond acceptors (Lipinski definition) is 5. The molecule has 0 aliphatic heterocycles. The molecule has 2 N–H and O–H groups in total. The van der Waals surface area contributed by atoms with E-state index in [4.69, 9.17) is 19.3 Å². The SMILES string of the molecule is CCOC(C)OCOC(=O)CP(=O)(O)O. The first-order valence-electron chi connectivity index (χ1n) is 4.28. The van der Waals surface area contributed by atoms with Crippen LogP contribution < -0.4 is 0 Å². The third kappa shape index (κ3) is 9.84. The largest absolute Gasteiger partial charge is 0.438 e. The van der Waals surface area contributed by atoms with E-state index in [0.717, 1.165) is 0 Å². The lowest BCUT2D eigenvalue weighted by atomic mass is 10.7. The summed E-state index contributed by atoms with van der Waals surface area (Å²) in [6.45, 7) is 3.46. The summed E-state index contributed by atoms with van der Waals surface area (Å²) < 4.78 is 24.6. The van der Waals surface area contributed by atoms with Crippen molar-refractivity contribution in [2.75, 3.05) is 19.6 Å². The van der Waals surface area contributed by atoms with Crippen molar-refractivity contribution >= 4 is 13.6 Å². The Labute approximate surface area is 87.5 Å². The third-order valence-electron chi connectivity index (χ3n) is 1.26. The van der Waals surface area contributed by atoms with Gasteiger partial charge in [0.05, 0.1) is 0 Å².